The number of amides is 3. The van der Waals surface area contributed by atoms with Crippen LogP contribution in [0.15, 0.2) is 0 Å². The van der Waals surface area contributed by atoms with E-state index in [1.807, 2.05) is 18.7 Å². The summed E-state index contributed by atoms with van der Waals surface area (Å²) in [6.07, 6.45) is 0.128. The second-order valence-electron chi connectivity index (χ2n) is 4.33. The maximum atomic E-state index is 11.6. The first-order valence-corrected chi connectivity index (χ1v) is 5.96. The smallest absolute Gasteiger partial charge is 0.321 e. The van der Waals surface area contributed by atoms with Gasteiger partial charge in [0.2, 0.25) is 5.91 Å². The van der Waals surface area contributed by atoms with Gasteiger partial charge >= 0.3 is 6.03 Å². The minimum Gasteiger partial charge on any atom is -0.376 e. The number of urea groups is 1. The first-order valence-electron chi connectivity index (χ1n) is 5.96. The highest BCUT2D eigenvalue weighted by Crippen LogP contribution is 2.10. The van der Waals surface area contributed by atoms with Gasteiger partial charge in [0.15, 0.2) is 0 Å². The molecule has 0 radical (unpaired) electrons. The average Bonchev–Trinajstić information content (AvgIpc) is 2.23. The normalized spacial score (nSPS) is 25.4. The summed E-state index contributed by atoms with van der Waals surface area (Å²) < 4.78 is 5.47. The first kappa shape index (κ1) is 13.9. The maximum Gasteiger partial charge on any atom is 0.321 e. The van der Waals surface area contributed by atoms with Crippen LogP contribution in [-0.4, -0.2) is 55.2 Å². The van der Waals surface area contributed by atoms with Crippen LogP contribution in [0.2, 0.25) is 0 Å². The van der Waals surface area contributed by atoms with E-state index in [2.05, 4.69) is 10.6 Å². The lowest BCUT2D eigenvalue weighted by atomic mass is 10.2. The second-order valence-corrected chi connectivity index (χ2v) is 4.33. The molecule has 17 heavy (non-hydrogen) atoms. The Kier molecular flexibility index (Phi) is 5.37. The zero-order valence-corrected chi connectivity index (χ0v) is 10.7. The van der Waals surface area contributed by atoms with Crippen LogP contribution in [0.5, 0.6) is 0 Å². The van der Waals surface area contributed by atoms with E-state index >= 15 is 0 Å². The maximum absolute atomic E-state index is 11.6. The fourth-order valence-corrected chi connectivity index (χ4v) is 1.75. The van der Waals surface area contributed by atoms with Gasteiger partial charge in [-0.05, 0) is 20.8 Å². The number of nitrogens with one attached hydrogen (secondary N) is 2. The molecule has 98 valence electrons. The zero-order chi connectivity index (χ0) is 12.8. The Morgan fingerprint density at radius 2 is 2.12 bits per heavy atom. The summed E-state index contributed by atoms with van der Waals surface area (Å²) in [5, 5.41) is 4.81. The van der Waals surface area contributed by atoms with E-state index in [9.17, 15) is 9.59 Å². The molecule has 0 bridgehead atoms. The van der Waals surface area contributed by atoms with Crippen LogP contribution in [-0.2, 0) is 9.53 Å². The van der Waals surface area contributed by atoms with Crippen molar-refractivity contribution in [2.75, 3.05) is 26.2 Å². The van der Waals surface area contributed by atoms with Gasteiger partial charge in [0, 0.05) is 19.1 Å². The molecule has 2 N–H and O–H groups in total. The van der Waals surface area contributed by atoms with Crippen molar-refractivity contribution in [2.45, 2.75) is 32.9 Å². The SMILES string of the molecule is CCNC(=O)NC(=O)CN1C[C@@H](C)OC[C@H]1C. The van der Waals surface area contributed by atoms with E-state index in [4.69, 9.17) is 4.74 Å². The van der Waals surface area contributed by atoms with Crippen LogP contribution in [0.1, 0.15) is 20.8 Å². The Hall–Kier alpha value is -1.14. The molecule has 1 fully saturated rings. The van der Waals surface area contributed by atoms with Crippen LogP contribution < -0.4 is 10.6 Å². The van der Waals surface area contributed by atoms with Crippen molar-refractivity contribution >= 4 is 11.9 Å². The van der Waals surface area contributed by atoms with Crippen molar-refractivity contribution < 1.29 is 14.3 Å². The van der Waals surface area contributed by atoms with Gasteiger partial charge in [0.1, 0.15) is 0 Å². The molecule has 1 saturated heterocycles. The van der Waals surface area contributed by atoms with Crippen molar-refractivity contribution in [3.8, 4) is 0 Å². The average molecular weight is 243 g/mol. The van der Waals surface area contributed by atoms with Gasteiger partial charge in [-0.15, -0.1) is 0 Å². The fourth-order valence-electron chi connectivity index (χ4n) is 1.75. The number of carbonyl (C=O) groups excluding carboxylic acids is 2. The summed E-state index contributed by atoms with van der Waals surface area (Å²) >= 11 is 0. The molecule has 2 atom stereocenters. The van der Waals surface area contributed by atoms with E-state index in [1.165, 1.54) is 0 Å². The van der Waals surface area contributed by atoms with E-state index in [1.54, 1.807) is 6.92 Å². The number of rotatable bonds is 3. The van der Waals surface area contributed by atoms with Gasteiger partial charge in [-0.1, -0.05) is 0 Å². The van der Waals surface area contributed by atoms with Crippen molar-refractivity contribution in [3.05, 3.63) is 0 Å². The third kappa shape index (κ3) is 4.70. The topological polar surface area (TPSA) is 70.7 Å². The molecule has 1 aliphatic heterocycles. The zero-order valence-electron chi connectivity index (χ0n) is 10.7. The number of carbonyl (C=O) groups is 2. The highest BCUT2D eigenvalue weighted by atomic mass is 16.5. The van der Waals surface area contributed by atoms with Gasteiger partial charge in [-0.3, -0.25) is 15.0 Å². The molecule has 6 heteroatoms. The molecule has 0 aromatic heterocycles. The largest absolute Gasteiger partial charge is 0.376 e. The fraction of sp³-hybridized carbons (Fsp3) is 0.818. The van der Waals surface area contributed by atoms with Gasteiger partial charge in [-0.2, -0.15) is 0 Å². The molecular formula is C11H21N3O3. The van der Waals surface area contributed by atoms with Crippen LogP contribution in [0.4, 0.5) is 4.79 Å². The summed E-state index contributed by atoms with van der Waals surface area (Å²) in [7, 11) is 0. The predicted molar refractivity (Wildman–Crippen MR) is 63.7 cm³/mol. The summed E-state index contributed by atoms with van der Waals surface area (Å²) in [4.78, 5) is 24.8. The van der Waals surface area contributed by atoms with Crippen LogP contribution in [0.3, 0.4) is 0 Å². The Morgan fingerprint density at radius 3 is 2.76 bits per heavy atom. The van der Waals surface area contributed by atoms with Crippen molar-refractivity contribution in [1.82, 2.24) is 15.5 Å². The predicted octanol–water partition coefficient (Wildman–Crippen LogP) is -0.0587. The molecule has 0 aromatic carbocycles. The molecule has 0 aliphatic carbocycles. The van der Waals surface area contributed by atoms with Crippen LogP contribution in [0, 0.1) is 0 Å². The van der Waals surface area contributed by atoms with Gasteiger partial charge in [-0.25, -0.2) is 4.79 Å². The van der Waals surface area contributed by atoms with Crippen molar-refractivity contribution in [1.29, 1.82) is 0 Å². The molecule has 0 saturated carbocycles. The minimum absolute atomic E-state index is 0.128. The van der Waals surface area contributed by atoms with Crippen LogP contribution >= 0.6 is 0 Å². The van der Waals surface area contributed by atoms with Crippen molar-refractivity contribution in [3.63, 3.8) is 0 Å². The highest BCUT2D eigenvalue weighted by Gasteiger charge is 2.25. The molecule has 0 spiro atoms. The molecule has 1 rings (SSSR count). The van der Waals surface area contributed by atoms with Gasteiger partial charge < -0.3 is 10.1 Å². The van der Waals surface area contributed by atoms with E-state index in [0.29, 0.717) is 19.7 Å². The number of hydrogen-bond donors (Lipinski definition) is 2. The van der Waals surface area contributed by atoms with Crippen LogP contribution in [0.25, 0.3) is 0 Å². The molecule has 1 heterocycles. The molecular weight excluding hydrogens is 222 g/mol. The second kappa shape index (κ2) is 6.56. The Balaban J connectivity index is 2.36. The third-order valence-corrected chi connectivity index (χ3v) is 2.67. The van der Waals surface area contributed by atoms with Crippen molar-refractivity contribution in [2.24, 2.45) is 0 Å². The lowest BCUT2D eigenvalue weighted by molar-refractivity contribution is -0.124. The van der Waals surface area contributed by atoms with E-state index in [0.717, 1.165) is 0 Å². The highest BCUT2D eigenvalue weighted by molar-refractivity contribution is 5.95. The number of morpholine rings is 1. The number of ether oxygens (including phenoxy) is 1. The lowest BCUT2D eigenvalue weighted by Gasteiger charge is -2.36. The summed E-state index contributed by atoms with van der Waals surface area (Å²) in [6, 6.07) is -0.238. The third-order valence-electron chi connectivity index (χ3n) is 2.67. The van der Waals surface area contributed by atoms with Gasteiger partial charge in [0.25, 0.3) is 0 Å². The van der Waals surface area contributed by atoms with E-state index in [-0.39, 0.29) is 24.6 Å². The Bertz CT molecular complexity index is 283. The molecule has 1 aliphatic rings. The minimum atomic E-state index is -0.438. The molecule has 3 amide bonds. The number of imide groups is 1. The summed E-state index contributed by atoms with van der Waals surface area (Å²) in [5.74, 6) is -0.281. The lowest BCUT2D eigenvalue weighted by Crippen LogP contribution is -2.52. The standard InChI is InChI=1S/C11H21N3O3/c1-4-12-11(16)13-10(15)6-14-5-9(3)17-7-8(14)2/h8-9H,4-7H2,1-3H3,(H2,12,13,15,16)/t8-,9-/m1/s1. The molecule has 0 aromatic rings. The monoisotopic (exact) mass is 243 g/mol. The quantitative estimate of drug-likeness (QED) is 0.728. The Morgan fingerprint density at radius 1 is 1.41 bits per heavy atom. The van der Waals surface area contributed by atoms with E-state index < -0.39 is 6.03 Å². The Labute approximate surface area is 102 Å². The number of nitrogens with zero attached hydrogens (tertiary/aromatic N) is 1. The summed E-state index contributed by atoms with van der Waals surface area (Å²) in [5.41, 5.74) is 0. The van der Waals surface area contributed by atoms with Gasteiger partial charge in [0.05, 0.1) is 19.3 Å². The number of hydrogen-bond acceptors (Lipinski definition) is 4. The first-order chi connectivity index (χ1) is 8.02. The summed E-state index contributed by atoms with van der Waals surface area (Å²) in [6.45, 7) is 7.84. The molecule has 6 nitrogen and oxygen atoms in total. The molecule has 0 unspecified atom stereocenters.